The lowest BCUT2D eigenvalue weighted by molar-refractivity contribution is 0.432. The molecule has 0 atom stereocenters. The van der Waals surface area contributed by atoms with E-state index < -0.39 is 0 Å². The van der Waals surface area contributed by atoms with E-state index in [1.807, 2.05) is 42.5 Å². The molecule has 7 heteroatoms. The Kier molecular flexibility index (Phi) is 5.01. The smallest absolute Gasteiger partial charge is 0.218 e. The lowest BCUT2D eigenvalue weighted by Crippen LogP contribution is -1.99. The molecule has 0 saturated heterocycles. The zero-order chi connectivity index (χ0) is 20.2. The third-order valence-corrected chi connectivity index (χ3v) is 4.43. The number of aryl methyl sites for hydroxylation is 1. The van der Waals surface area contributed by atoms with Gasteiger partial charge in [-0.2, -0.15) is 10.4 Å². The van der Waals surface area contributed by atoms with E-state index >= 15 is 0 Å². The van der Waals surface area contributed by atoms with Gasteiger partial charge in [-0.25, -0.2) is 4.68 Å². The molecule has 142 valence electrons. The molecule has 3 heterocycles. The summed E-state index contributed by atoms with van der Waals surface area (Å²) in [5, 5.41) is 13.8. The largest absolute Gasteiger partial charge is 0.439 e. The van der Waals surface area contributed by atoms with Crippen LogP contribution in [0.3, 0.4) is 0 Å². The normalized spacial score (nSPS) is 10.5. The van der Waals surface area contributed by atoms with Gasteiger partial charge in [0.1, 0.15) is 11.4 Å². The Balaban J connectivity index is 1.75. The van der Waals surface area contributed by atoms with Crippen LogP contribution in [-0.2, 0) is 13.6 Å². The molecule has 29 heavy (non-hydrogen) atoms. The van der Waals surface area contributed by atoms with E-state index in [9.17, 15) is 5.26 Å². The molecule has 0 amide bonds. The second kappa shape index (κ2) is 7.92. The van der Waals surface area contributed by atoms with E-state index in [2.05, 4.69) is 21.1 Å². The summed E-state index contributed by atoms with van der Waals surface area (Å²) in [7, 11) is 1.79. The monoisotopic (exact) mass is 382 g/mol. The highest BCUT2D eigenvalue weighted by molar-refractivity contribution is 5.69. The quantitative estimate of drug-likeness (QED) is 0.565. The fraction of sp³-hybridized carbons (Fsp3) is 0.0909. The lowest BCUT2D eigenvalue weighted by atomic mass is 10.1. The van der Waals surface area contributed by atoms with Gasteiger partial charge in [0.25, 0.3) is 0 Å². The highest BCUT2D eigenvalue weighted by Gasteiger charge is 2.15. The van der Waals surface area contributed by atoms with Crippen LogP contribution in [0.5, 0.6) is 11.6 Å². The first-order chi connectivity index (χ1) is 14.2. The van der Waals surface area contributed by atoms with Crippen LogP contribution in [0.15, 0.2) is 67.0 Å². The number of hydrogen-bond acceptors (Lipinski definition) is 6. The maximum absolute atomic E-state index is 9.32. The van der Waals surface area contributed by atoms with Crippen LogP contribution in [0.2, 0.25) is 0 Å². The third kappa shape index (κ3) is 3.83. The van der Waals surface area contributed by atoms with Gasteiger partial charge in [-0.3, -0.25) is 9.97 Å². The highest BCUT2D eigenvalue weighted by atomic mass is 16.5. The van der Waals surface area contributed by atoms with Crippen LogP contribution in [0.25, 0.3) is 22.6 Å². The number of nitrogens with zero attached hydrogens (tertiary/aromatic N) is 5. The van der Waals surface area contributed by atoms with Crippen LogP contribution < -0.4 is 10.5 Å². The number of hydrogen-bond donors (Lipinski definition) is 1. The highest BCUT2D eigenvalue weighted by Crippen LogP contribution is 2.34. The van der Waals surface area contributed by atoms with Crippen LogP contribution in [0.1, 0.15) is 11.1 Å². The first-order valence-electron chi connectivity index (χ1n) is 9.01. The summed E-state index contributed by atoms with van der Waals surface area (Å²) in [6.45, 7) is 0.414. The molecule has 4 aromatic rings. The van der Waals surface area contributed by atoms with Gasteiger partial charge in [0, 0.05) is 37.6 Å². The first kappa shape index (κ1) is 18.3. The molecular formula is C22H18N6O. The molecule has 0 unspecified atom stereocenters. The number of rotatable bonds is 5. The maximum atomic E-state index is 9.32. The van der Waals surface area contributed by atoms with Crippen LogP contribution in [0, 0.1) is 11.3 Å². The van der Waals surface area contributed by atoms with E-state index in [0.717, 1.165) is 22.5 Å². The van der Waals surface area contributed by atoms with Crippen molar-refractivity contribution in [3.8, 4) is 40.3 Å². The Bertz CT molecular complexity index is 1190. The van der Waals surface area contributed by atoms with Gasteiger partial charge >= 0.3 is 0 Å². The van der Waals surface area contributed by atoms with Crippen molar-refractivity contribution >= 4 is 0 Å². The van der Waals surface area contributed by atoms with E-state index in [1.165, 1.54) is 0 Å². The van der Waals surface area contributed by atoms with Crippen molar-refractivity contribution in [1.29, 1.82) is 5.26 Å². The minimum Gasteiger partial charge on any atom is -0.439 e. The summed E-state index contributed by atoms with van der Waals surface area (Å²) in [6, 6.07) is 18.6. The standard InChI is InChI=1S/C22H18N6O/c1-28-22(12-20(27-28)18-4-2-3-8-25-18)29-21-11-15(13-23)5-6-17(21)19-10-16(14-24)7-9-26-19/h2-12H,14,24H2,1H3. The van der Waals surface area contributed by atoms with Gasteiger partial charge in [-0.05, 0) is 48.0 Å². The van der Waals surface area contributed by atoms with Gasteiger partial charge in [-0.1, -0.05) is 6.07 Å². The number of nitrogens with two attached hydrogens (primary N) is 1. The van der Waals surface area contributed by atoms with Crippen molar-refractivity contribution in [2.75, 3.05) is 0 Å². The van der Waals surface area contributed by atoms with Gasteiger partial charge < -0.3 is 10.5 Å². The number of pyridine rings is 2. The van der Waals surface area contributed by atoms with Crippen LogP contribution >= 0.6 is 0 Å². The summed E-state index contributed by atoms with van der Waals surface area (Å²) in [6.07, 6.45) is 3.43. The Morgan fingerprint density at radius 3 is 2.62 bits per heavy atom. The number of benzene rings is 1. The van der Waals surface area contributed by atoms with Crippen molar-refractivity contribution < 1.29 is 4.74 Å². The van der Waals surface area contributed by atoms with Crippen LogP contribution in [-0.4, -0.2) is 19.7 Å². The molecule has 0 aliphatic rings. The molecule has 0 fully saturated rings. The second-order valence-corrected chi connectivity index (χ2v) is 6.38. The average Bonchev–Trinajstić information content (AvgIpc) is 3.14. The van der Waals surface area contributed by atoms with Crippen molar-refractivity contribution in [3.63, 3.8) is 0 Å². The summed E-state index contributed by atoms with van der Waals surface area (Å²) < 4.78 is 7.80. The Morgan fingerprint density at radius 2 is 1.86 bits per heavy atom. The summed E-state index contributed by atoms with van der Waals surface area (Å²) in [4.78, 5) is 8.77. The topological polar surface area (TPSA) is 103 Å². The molecule has 0 saturated carbocycles. The fourth-order valence-corrected chi connectivity index (χ4v) is 2.93. The predicted molar refractivity (Wildman–Crippen MR) is 109 cm³/mol. The van der Waals surface area contributed by atoms with Crippen molar-refractivity contribution in [3.05, 3.63) is 78.1 Å². The molecule has 1 aromatic carbocycles. The third-order valence-electron chi connectivity index (χ3n) is 4.43. The molecule has 0 aliphatic heterocycles. The van der Waals surface area contributed by atoms with Crippen molar-refractivity contribution in [2.45, 2.75) is 6.54 Å². The Morgan fingerprint density at radius 1 is 1.00 bits per heavy atom. The van der Waals surface area contributed by atoms with E-state index in [1.54, 1.807) is 36.3 Å². The molecule has 0 spiro atoms. The van der Waals surface area contributed by atoms with Gasteiger partial charge in [0.2, 0.25) is 5.88 Å². The first-order valence-corrected chi connectivity index (χ1v) is 9.01. The van der Waals surface area contributed by atoms with E-state index in [0.29, 0.717) is 29.4 Å². The molecular weight excluding hydrogens is 364 g/mol. The number of aromatic nitrogens is 4. The van der Waals surface area contributed by atoms with E-state index in [4.69, 9.17) is 10.5 Å². The van der Waals surface area contributed by atoms with Crippen LogP contribution in [0.4, 0.5) is 0 Å². The van der Waals surface area contributed by atoms with Gasteiger partial charge in [0.05, 0.1) is 23.0 Å². The van der Waals surface area contributed by atoms with Crippen molar-refractivity contribution in [2.24, 2.45) is 12.8 Å². The maximum Gasteiger partial charge on any atom is 0.218 e. The minimum absolute atomic E-state index is 0.414. The van der Waals surface area contributed by atoms with Gasteiger partial charge in [-0.15, -0.1) is 0 Å². The molecule has 0 bridgehead atoms. The molecule has 7 nitrogen and oxygen atoms in total. The number of nitriles is 1. The molecule has 0 radical (unpaired) electrons. The SMILES string of the molecule is Cn1nc(-c2ccccn2)cc1Oc1cc(C#N)ccc1-c1cc(CN)ccn1. The Hall–Kier alpha value is -4.02. The lowest BCUT2D eigenvalue weighted by Gasteiger charge is -2.12. The fourth-order valence-electron chi connectivity index (χ4n) is 2.93. The second-order valence-electron chi connectivity index (χ2n) is 6.38. The van der Waals surface area contributed by atoms with E-state index in [-0.39, 0.29) is 0 Å². The zero-order valence-electron chi connectivity index (χ0n) is 15.8. The summed E-state index contributed by atoms with van der Waals surface area (Å²) in [5.41, 5.74) is 10.2. The Labute approximate surface area is 168 Å². The summed E-state index contributed by atoms with van der Waals surface area (Å²) >= 11 is 0. The molecule has 0 aliphatic carbocycles. The summed E-state index contributed by atoms with van der Waals surface area (Å²) in [5.74, 6) is 1.04. The molecule has 4 rings (SSSR count). The molecule has 2 N–H and O–H groups in total. The average molecular weight is 382 g/mol. The zero-order valence-corrected chi connectivity index (χ0v) is 15.8. The minimum atomic E-state index is 0.414. The predicted octanol–water partition coefficient (Wildman–Crippen LogP) is 3.67. The van der Waals surface area contributed by atoms with Crippen molar-refractivity contribution in [1.82, 2.24) is 19.7 Å². The van der Waals surface area contributed by atoms with Gasteiger partial charge in [0.15, 0.2) is 0 Å². The molecule has 3 aromatic heterocycles. The number of ether oxygens (including phenoxy) is 1.